The predicted molar refractivity (Wildman–Crippen MR) is 104 cm³/mol. The quantitative estimate of drug-likeness (QED) is 0.840. The zero-order valence-corrected chi connectivity index (χ0v) is 17.1. The Hall–Kier alpha value is -1.93. The second-order valence-corrected chi connectivity index (χ2v) is 8.72. The van der Waals surface area contributed by atoms with Crippen LogP contribution in [0.15, 0.2) is 0 Å². The first-order valence-electron chi connectivity index (χ1n) is 9.41. The molecule has 0 fully saturated rings. The van der Waals surface area contributed by atoms with Crippen LogP contribution in [0, 0.1) is 5.92 Å². The first-order chi connectivity index (χ1) is 12.7. The molecule has 148 valence electrons. The summed E-state index contributed by atoms with van der Waals surface area (Å²) in [7, 11) is 1.65. The first kappa shape index (κ1) is 19.8. The molecule has 27 heavy (non-hydrogen) atoms. The number of hydrogen-bond acceptors (Lipinski definition) is 5. The maximum Gasteiger partial charge on any atom is 0.257 e. The number of likely N-dealkylation sites (N-methyl/N-ethyl adjacent to an activating group) is 2. The Morgan fingerprint density at radius 1 is 1.26 bits per heavy atom. The first-order valence-corrected chi connectivity index (χ1v) is 10.2. The number of carbonyl (C=O) groups excluding carboxylic acids is 3. The fourth-order valence-corrected chi connectivity index (χ4v) is 5.16. The molecule has 1 N–H and O–H groups in total. The van der Waals surface area contributed by atoms with E-state index in [1.165, 1.54) is 16.2 Å². The minimum absolute atomic E-state index is 0.0782. The Kier molecular flexibility index (Phi) is 5.58. The molecule has 2 aliphatic rings. The topological polar surface area (TPSA) is 81.2 Å². The van der Waals surface area contributed by atoms with Gasteiger partial charge in [-0.1, -0.05) is 13.8 Å². The summed E-state index contributed by atoms with van der Waals surface area (Å²) in [4.78, 5) is 43.6. The highest BCUT2D eigenvalue weighted by Crippen LogP contribution is 2.41. The molecule has 3 heterocycles. The van der Waals surface area contributed by atoms with E-state index in [9.17, 15) is 19.5 Å². The number of nitrogens with zero attached hydrogens (tertiary/aromatic N) is 3. The standard InChI is InChI=1S/C19H27N3O4S/c1-5-22-15(24)10-20(4)18(26)16-12-6-7-21(9-14(12)27-19(16)22)17(25)13(23)8-11(2)3/h11,13,23H,5-10H2,1-4H3. The van der Waals surface area contributed by atoms with E-state index in [0.29, 0.717) is 43.0 Å². The van der Waals surface area contributed by atoms with Crippen molar-refractivity contribution in [1.82, 2.24) is 9.80 Å². The lowest BCUT2D eigenvalue weighted by Crippen LogP contribution is -2.42. The van der Waals surface area contributed by atoms with Crippen LogP contribution in [0.5, 0.6) is 0 Å². The van der Waals surface area contributed by atoms with Crippen LogP contribution in [0.25, 0.3) is 0 Å². The highest BCUT2D eigenvalue weighted by molar-refractivity contribution is 7.17. The number of aliphatic hydroxyl groups excluding tert-OH is 1. The molecular weight excluding hydrogens is 366 g/mol. The van der Waals surface area contributed by atoms with Crippen molar-refractivity contribution in [2.75, 3.05) is 31.6 Å². The van der Waals surface area contributed by atoms with E-state index in [4.69, 9.17) is 0 Å². The maximum atomic E-state index is 12.9. The number of carbonyl (C=O) groups is 3. The molecule has 1 aromatic rings. The van der Waals surface area contributed by atoms with Crippen LogP contribution in [0.2, 0.25) is 0 Å². The van der Waals surface area contributed by atoms with E-state index in [2.05, 4.69) is 0 Å². The molecule has 1 unspecified atom stereocenters. The molecule has 1 atom stereocenters. The molecule has 0 spiro atoms. The zero-order valence-electron chi connectivity index (χ0n) is 16.3. The number of hydrogen-bond donors (Lipinski definition) is 1. The van der Waals surface area contributed by atoms with Crippen LogP contribution in [0.3, 0.4) is 0 Å². The minimum Gasteiger partial charge on any atom is -0.383 e. The van der Waals surface area contributed by atoms with E-state index in [1.54, 1.807) is 16.8 Å². The Balaban J connectivity index is 1.92. The van der Waals surface area contributed by atoms with Gasteiger partial charge in [-0.2, -0.15) is 0 Å². The van der Waals surface area contributed by atoms with E-state index in [1.807, 2.05) is 20.8 Å². The lowest BCUT2D eigenvalue weighted by atomic mass is 10.00. The van der Waals surface area contributed by atoms with Crippen molar-refractivity contribution in [2.24, 2.45) is 5.92 Å². The van der Waals surface area contributed by atoms with Crippen molar-refractivity contribution in [2.45, 2.75) is 46.3 Å². The number of aliphatic hydroxyl groups is 1. The number of anilines is 1. The van der Waals surface area contributed by atoms with Gasteiger partial charge < -0.3 is 19.8 Å². The molecule has 0 aliphatic carbocycles. The smallest absolute Gasteiger partial charge is 0.257 e. The predicted octanol–water partition coefficient (Wildman–Crippen LogP) is 1.48. The van der Waals surface area contributed by atoms with E-state index < -0.39 is 6.10 Å². The van der Waals surface area contributed by atoms with Crippen molar-refractivity contribution >= 4 is 34.1 Å². The van der Waals surface area contributed by atoms with Gasteiger partial charge in [0.2, 0.25) is 5.91 Å². The summed E-state index contributed by atoms with van der Waals surface area (Å²) in [5, 5.41) is 10.9. The van der Waals surface area contributed by atoms with Gasteiger partial charge in [-0.3, -0.25) is 14.4 Å². The largest absolute Gasteiger partial charge is 0.383 e. The van der Waals surface area contributed by atoms with Gasteiger partial charge in [0.15, 0.2) is 0 Å². The molecule has 8 heteroatoms. The van der Waals surface area contributed by atoms with Gasteiger partial charge in [-0.05, 0) is 31.2 Å². The summed E-state index contributed by atoms with van der Waals surface area (Å²) in [5.74, 6) is -0.249. The lowest BCUT2D eigenvalue weighted by Gasteiger charge is -2.29. The molecule has 7 nitrogen and oxygen atoms in total. The molecule has 0 saturated heterocycles. The van der Waals surface area contributed by atoms with Gasteiger partial charge in [0.1, 0.15) is 17.6 Å². The third kappa shape index (κ3) is 3.60. The van der Waals surface area contributed by atoms with Crippen molar-refractivity contribution < 1.29 is 19.5 Å². The summed E-state index contributed by atoms with van der Waals surface area (Å²) >= 11 is 1.42. The second-order valence-electron chi connectivity index (χ2n) is 7.64. The lowest BCUT2D eigenvalue weighted by molar-refractivity contribution is -0.141. The van der Waals surface area contributed by atoms with Crippen molar-refractivity contribution in [3.05, 3.63) is 16.0 Å². The summed E-state index contributed by atoms with van der Waals surface area (Å²) in [6.07, 6.45) is 0.00257. The monoisotopic (exact) mass is 393 g/mol. The average molecular weight is 394 g/mol. The fraction of sp³-hybridized carbons (Fsp3) is 0.632. The third-order valence-corrected chi connectivity index (χ3v) is 6.36. The van der Waals surface area contributed by atoms with Crippen LogP contribution in [0.1, 0.15) is 48.0 Å². The molecular formula is C19H27N3O4S. The van der Waals surface area contributed by atoms with Crippen molar-refractivity contribution in [3.63, 3.8) is 0 Å². The highest BCUT2D eigenvalue weighted by Gasteiger charge is 2.37. The summed E-state index contributed by atoms with van der Waals surface area (Å²) in [5.41, 5.74) is 1.56. The molecule has 0 bridgehead atoms. The normalized spacial score (nSPS) is 18.5. The number of thiophene rings is 1. The summed E-state index contributed by atoms with van der Waals surface area (Å²) in [6.45, 7) is 7.27. The van der Waals surface area contributed by atoms with Crippen LogP contribution < -0.4 is 4.90 Å². The Bertz CT molecular complexity index is 773. The zero-order chi connectivity index (χ0) is 19.9. The Morgan fingerprint density at radius 3 is 2.59 bits per heavy atom. The van der Waals surface area contributed by atoms with Crippen LogP contribution in [-0.4, -0.2) is 65.4 Å². The van der Waals surface area contributed by atoms with E-state index in [-0.39, 0.29) is 30.2 Å². The second kappa shape index (κ2) is 7.59. The van der Waals surface area contributed by atoms with Gasteiger partial charge in [0, 0.05) is 25.0 Å². The van der Waals surface area contributed by atoms with Crippen molar-refractivity contribution in [1.29, 1.82) is 0 Å². The third-order valence-electron chi connectivity index (χ3n) is 5.13. The molecule has 0 aromatic carbocycles. The van der Waals surface area contributed by atoms with Gasteiger partial charge in [-0.15, -0.1) is 11.3 Å². The van der Waals surface area contributed by atoms with Gasteiger partial charge in [0.25, 0.3) is 11.8 Å². The maximum absolute atomic E-state index is 12.9. The minimum atomic E-state index is -0.995. The SMILES string of the molecule is CCN1C(=O)CN(C)C(=O)c2c1sc1c2CCN(C(=O)C(O)CC(C)C)C1. The molecule has 0 radical (unpaired) electrons. The highest BCUT2D eigenvalue weighted by atomic mass is 32.1. The summed E-state index contributed by atoms with van der Waals surface area (Å²) < 4.78 is 0. The molecule has 3 rings (SSSR count). The molecule has 3 amide bonds. The van der Waals surface area contributed by atoms with Crippen LogP contribution >= 0.6 is 11.3 Å². The fourth-order valence-electron chi connectivity index (χ4n) is 3.73. The Morgan fingerprint density at radius 2 is 1.96 bits per heavy atom. The average Bonchev–Trinajstić information content (AvgIpc) is 2.94. The number of rotatable bonds is 4. The molecule has 0 saturated carbocycles. The Labute approximate surface area is 163 Å². The van der Waals surface area contributed by atoms with Gasteiger partial charge in [0.05, 0.1) is 12.1 Å². The van der Waals surface area contributed by atoms with Crippen molar-refractivity contribution in [3.8, 4) is 0 Å². The van der Waals surface area contributed by atoms with E-state index >= 15 is 0 Å². The van der Waals surface area contributed by atoms with Crippen LogP contribution in [-0.2, 0) is 22.6 Å². The summed E-state index contributed by atoms with van der Waals surface area (Å²) in [6, 6.07) is 0. The molecule has 2 aliphatic heterocycles. The number of amides is 3. The van der Waals surface area contributed by atoms with Crippen LogP contribution in [0.4, 0.5) is 5.00 Å². The molecule has 1 aromatic heterocycles. The van der Waals surface area contributed by atoms with E-state index in [0.717, 1.165) is 10.4 Å². The van der Waals surface area contributed by atoms with Gasteiger partial charge in [-0.25, -0.2) is 0 Å². The van der Waals surface area contributed by atoms with Gasteiger partial charge >= 0.3 is 0 Å². The number of fused-ring (bicyclic) bond motifs is 3.